The molecular weight excluding hydrogens is 342 g/mol. The number of carbonyl (C=O) groups is 1. The standard InChI is InChI=1S/C17H19N3O4S/c1-19-6-8-20(9-7-19)25(23,24)16-11-14(10-15(12-16)17(21)22)13-2-4-18-5-3-13/h2-5,10-12H,6-9H2,1H3,(H,21,22). The first-order chi connectivity index (χ1) is 11.9. The Balaban J connectivity index is 2.06. The van der Waals surface area contributed by atoms with Crippen molar-refractivity contribution in [1.82, 2.24) is 14.2 Å². The summed E-state index contributed by atoms with van der Waals surface area (Å²) in [5.74, 6) is -1.16. The van der Waals surface area contributed by atoms with Crippen molar-refractivity contribution in [1.29, 1.82) is 0 Å². The molecule has 1 aromatic heterocycles. The van der Waals surface area contributed by atoms with E-state index in [1.165, 1.54) is 22.5 Å². The van der Waals surface area contributed by atoms with Crippen molar-refractivity contribution in [2.45, 2.75) is 4.90 Å². The van der Waals surface area contributed by atoms with Crippen LogP contribution in [0.15, 0.2) is 47.6 Å². The van der Waals surface area contributed by atoms with Crippen LogP contribution in [0.4, 0.5) is 0 Å². The van der Waals surface area contributed by atoms with Crippen molar-refractivity contribution in [3.05, 3.63) is 48.3 Å². The van der Waals surface area contributed by atoms with Crippen LogP contribution in [0, 0.1) is 0 Å². The minimum absolute atomic E-state index is 0.00349. The largest absolute Gasteiger partial charge is 0.478 e. The summed E-state index contributed by atoms with van der Waals surface area (Å²) >= 11 is 0. The summed E-state index contributed by atoms with van der Waals surface area (Å²) in [5.41, 5.74) is 1.20. The number of hydrogen-bond acceptors (Lipinski definition) is 5. The third kappa shape index (κ3) is 3.71. The van der Waals surface area contributed by atoms with Crippen molar-refractivity contribution in [2.24, 2.45) is 0 Å². The first-order valence-electron chi connectivity index (χ1n) is 7.85. The molecule has 0 bridgehead atoms. The highest BCUT2D eigenvalue weighted by Crippen LogP contribution is 2.26. The molecule has 2 aromatic rings. The number of hydrogen-bond donors (Lipinski definition) is 1. The molecular formula is C17H19N3O4S. The number of likely N-dealkylation sites (N-methyl/N-ethyl adjacent to an activating group) is 1. The second kappa shape index (κ2) is 6.91. The predicted molar refractivity (Wildman–Crippen MR) is 92.9 cm³/mol. The molecule has 0 aliphatic carbocycles. The van der Waals surface area contributed by atoms with E-state index in [1.54, 1.807) is 24.5 Å². The van der Waals surface area contributed by atoms with Gasteiger partial charge in [-0.1, -0.05) is 0 Å². The Labute approximate surface area is 146 Å². The lowest BCUT2D eigenvalue weighted by atomic mass is 10.0. The van der Waals surface area contributed by atoms with Gasteiger partial charge in [0.2, 0.25) is 10.0 Å². The molecule has 1 aliphatic heterocycles. The molecule has 7 nitrogen and oxygen atoms in total. The average molecular weight is 361 g/mol. The SMILES string of the molecule is CN1CCN(S(=O)(=O)c2cc(C(=O)O)cc(-c3ccncc3)c2)CC1. The van der Waals surface area contributed by atoms with Crippen molar-refractivity contribution < 1.29 is 18.3 Å². The van der Waals surface area contributed by atoms with Crippen molar-refractivity contribution in [3.63, 3.8) is 0 Å². The van der Waals surface area contributed by atoms with Gasteiger partial charge in [0.1, 0.15) is 0 Å². The van der Waals surface area contributed by atoms with Gasteiger partial charge in [0.05, 0.1) is 10.5 Å². The molecule has 0 atom stereocenters. The fourth-order valence-corrected chi connectivity index (χ4v) is 4.25. The van der Waals surface area contributed by atoms with Crippen LogP contribution in [0.5, 0.6) is 0 Å². The van der Waals surface area contributed by atoms with E-state index in [0.717, 1.165) is 0 Å². The maximum Gasteiger partial charge on any atom is 0.335 e. The highest BCUT2D eigenvalue weighted by Gasteiger charge is 2.28. The monoisotopic (exact) mass is 361 g/mol. The van der Waals surface area contributed by atoms with Gasteiger partial charge in [0.15, 0.2) is 0 Å². The molecule has 0 amide bonds. The fourth-order valence-electron chi connectivity index (χ4n) is 2.76. The second-order valence-electron chi connectivity index (χ2n) is 5.99. The van der Waals surface area contributed by atoms with Gasteiger partial charge in [-0.2, -0.15) is 4.31 Å². The Morgan fingerprint density at radius 1 is 1.04 bits per heavy atom. The number of aromatic carboxylic acids is 1. The number of rotatable bonds is 4. The third-order valence-electron chi connectivity index (χ3n) is 4.27. The lowest BCUT2D eigenvalue weighted by Gasteiger charge is -2.31. The summed E-state index contributed by atoms with van der Waals surface area (Å²) in [7, 11) is -1.80. The van der Waals surface area contributed by atoms with E-state index in [0.29, 0.717) is 37.3 Å². The number of carboxylic acid groups (broad SMARTS) is 1. The summed E-state index contributed by atoms with van der Waals surface area (Å²) in [5, 5.41) is 9.36. The van der Waals surface area contributed by atoms with Gasteiger partial charge in [0.25, 0.3) is 0 Å². The zero-order valence-corrected chi connectivity index (χ0v) is 14.6. The Morgan fingerprint density at radius 3 is 2.28 bits per heavy atom. The first kappa shape index (κ1) is 17.5. The normalized spacial score (nSPS) is 16.7. The van der Waals surface area contributed by atoms with Crippen LogP contribution in [0.1, 0.15) is 10.4 Å². The zero-order valence-electron chi connectivity index (χ0n) is 13.8. The summed E-state index contributed by atoms with van der Waals surface area (Å²) in [6.07, 6.45) is 3.16. The molecule has 0 unspecified atom stereocenters. The molecule has 0 saturated carbocycles. The lowest BCUT2D eigenvalue weighted by Crippen LogP contribution is -2.47. The Hall–Kier alpha value is -2.29. The van der Waals surface area contributed by atoms with Crippen LogP contribution in [-0.4, -0.2) is 66.9 Å². The van der Waals surface area contributed by atoms with Crippen molar-refractivity contribution in [3.8, 4) is 11.1 Å². The molecule has 0 spiro atoms. The summed E-state index contributed by atoms with van der Waals surface area (Å²) < 4.78 is 27.3. The van der Waals surface area contributed by atoms with Crippen LogP contribution in [0.2, 0.25) is 0 Å². The second-order valence-corrected chi connectivity index (χ2v) is 7.93. The molecule has 3 rings (SSSR count). The first-order valence-corrected chi connectivity index (χ1v) is 9.29. The topological polar surface area (TPSA) is 90.8 Å². The molecule has 1 aliphatic rings. The molecule has 1 aromatic carbocycles. The minimum atomic E-state index is -3.74. The van der Waals surface area contributed by atoms with Crippen LogP contribution in [0.3, 0.4) is 0 Å². The van der Waals surface area contributed by atoms with Crippen LogP contribution < -0.4 is 0 Å². The quantitative estimate of drug-likeness (QED) is 0.885. The molecule has 1 N–H and O–H groups in total. The average Bonchev–Trinajstić information content (AvgIpc) is 2.62. The van der Waals surface area contributed by atoms with E-state index < -0.39 is 16.0 Å². The van der Waals surface area contributed by atoms with Gasteiger partial charge in [-0.25, -0.2) is 13.2 Å². The summed E-state index contributed by atoms with van der Waals surface area (Å²) in [6, 6.07) is 7.65. The van der Waals surface area contributed by atoms with Crippen LogP contribution >= 0.6 is 0 Å². The molecule has 132 valence electrons. The number of carboxylic acids is 1. The van der Waals surface area contributed by atoms with Gasteiger partial charge in [-0.05, 0) is 48.5 Å². The minimum Gasteiger partial charge on any atom is -0.478 e. The van der Waals surface area contributed by atoms with E-state index >= 15 is 0 Å². The molecule has 25 heavy (non-hydrogen) atoms. The number of pyridine rings is 1. The van der Waals surface area contributed by atoms with E-state index in [9.17, 15) is 18.3 Å². The van der Waals surface area contributed by atoms with Gasteiger partial charge in [-0.3, -0.25) is 4.98 Å². The molecule has 0 radical (unpaired) electrons. The summed E-state index contributed by atoms with van der Waals surface area (Å²) in [4.78, 5) is 17.4. The van der Waals surface area contributed by atoms with Crippen LogP contribution in [0.25, 0.3) is 11.1 Å². The highest BCUT2D eigenvalue weighted by molar-refractivity contribution is 7.89. The van der Waals surface area contributed by atoms with Crippen molar-refractivity contribution in [2.75, 3.05) is 33.2 Å². The molecule has 8 heteroatoms. The third-order valence-corrected chi connectivity index (χ3v) is 6.14. The van der Waals surface area contributed by atoms with E-state index in [2.05, 4.69) is 9.88 Å². The maximum atomic E-state index is 13.0. The van der Waals surface area contributed by atoms with E-state index in [1.807, 2.05) is 7.05 Å². The van der Waals surface area contributed by atoms with E-state index in [4.69, 9.17) is 0 Å². The maximum absolute atomic E-state index is 13.0. The van der Waals surface area contributed by atoms with Gasteiger partial charge in [-0.15, -0.1) is 0 Å². The molecule has 1 saturated heterocycles. The number of piperazine rings is 1. The molecule has 1 fully saturated rings. The number of benzene rings is 1. The number of nitrogens with zero attached hydrogens (tertiary/aromatic N) is 3. The Kier molecular flexibility index (Phi) is 4.85. The fraction of sp³-hybridized carbons (Fsp3) is 0.294. The number of sulfonamides is 1. The smallest absolute Gasteiger partial charge is 0.335 e. The van der Waals surface area contributed by atoms with Gasteiger partial charge >= 0.3 is 5.97 Å². The number of aromatic nitrogens is 1. The Bertz CT molecular complexity index is 876. The van der Waals surface area contributed by atoms with Crippen molar-refractivity contribution >= 4 is 16.0 Å². The lowest BCUT2D eigenvalue weighted by molar-refractivity contribution is 0.0696. The van der Waals surface area contributed by atoms with Gasteiger partial charge in [0, 0.05) is 38.6 Å². The molecule has 2 heterocycles. The van der Waals surface area contributed by atoms with E-state index in [-0.39, 0.29) is 10.5 Å². The highest BCUT2D eigenvalue weighted by atomic mass is 32.2. The van der Waals surface area contributed by atoms with Gasteiger partial charge < -0.3 is 10.0 Å². The zero-order chi connectivity index (χ0) is 18.0. The predicted octanol–water partition coefficient (Wildman–Crippen LogP) is 1.38. The summed E-state index contributed by atoms with van der Waals surface area (Å²) in [6.45, 7) is 2.07. The Morgan fingerprint density at radius 2 is 1.68 bits per heavy atom. The van der Waals surface area contributed by atoms with Crippen LogP contribution in [-0.2, 0) is 10.0 Å².